The first-order valence-corrected chi connectivity index (χ1v) is 5.80. The summed E-state index contributed by atoms with van der Waals surface area (Å²) >= 11 is 17.6. The number of rotatable bonds is 3. The lowest BCUT2D eigenvalue weighted by atomic mass is 10.1. The van der Waals surface area contributed by atoms with E-state index in [4.69, 9.17) is 39.3 Å². The van der Waals surface area contributed by atoms with Crippen molar-refractivity contribution in [2.45, 2.75) is 12.3 Å². The second kappa shape index (κ2) is 5.04. The summed E-state index contributed by atoms with van der Waals surface area (Å²) in [5, 5.41) is 4.95. The molecule has 0 unspecified atom stereocenters. The van der Waals surface area contributed by atoms with Crippen molar-refractivity contribution in [1.29, 1.82) is 0 Å². The molecular formula is C10H7Cl3N2O. The van der Waals surface area contributed by atoms with Gasteiger partial charge >= 0.3 is 0 Å². The van der Waals surface area contributed by atoms with Crippen molar-refractivity contribution in [3.05, 3.63) is 45.5 Å². The molecule has 1 aromatic carbocycles. The van der Waals surface area contributed by atoms with E-state index in [0.29, 0.717) is 28.2 Å². The van der Waals surface area contributed by atoms with E-state index in [1.807, 2.05) is 0 Å². The van der Waals surface area contributed by atoms with Gasteiger partial charge in [0, 0.05) is 16.5 Å². The number of halogens is 3. The minimum absolute atomic E-state index is 0.198. The fourth-order valence-corrected chi connectivity index (χ4v) is 1.92. The SMILES string of the molecule is ClCc1nc(Cc2c(Cl)cccc2Cl)no1. The second-order valence-electron chi connectivity index (χ2n) is 3.11. The minimum Gasteiger partial charge on any atom is -0.338 e. The van der Waals surface area contributed by atoms with Crippen molar-refractivity contribution >= 4 is 34.8 Å². The van der Waals surface area contributed by atoms with Crippen LogP contribution >= 0.6 is 34.8 Å². The molecule has 0 radical (unpaired) electrons. The smallest absolute Gasteiger partial charge is 0.241 e. The zero-order valence-electron chi connectivity index (χ0n) is 8.08. The van der Waals surface area contributed by atoms with Crippen LogP contribution in [0.4, 0.5) is 0 Å². The Hall–Kier alpha value is -0.770. The molecule has 0 aliphatic rings. The minimum atomic E-state index is 0.198. The first-order valence-electron chi connectivity index (χ1n) is 4.51. The van der Waals surface area contributed by atoms with Gasteiger partial charge in [-0.15, -0.1) is 11.6 Å². The zero-order chi connectivity index (χ0) is 11.5. The van der Waals surface area contributed by atoms with Gasteiger partial charge in [0.1, 0.15) is 5.88 Å². The molecule has 0 spiro atoms. The molecule has 6 heteroatoms. The molecule has 16 heavy (non-hydrogen) atoms. The molecule has 0 atom stereocenters. The van der Waals surface area contributed by atoms with Crippen LogP contribution in [0.2, 0.25) is 10.0 Å². The molecule has 0 fully saturated rings. The highest BCUT2D eigenvalue weighted by Crippen LogP contribution is 2.26. The lowest BCUT2D eigenvalue weighted by Gasteiger charge is -2.02. The van der Waals surface area contributed by atoms with Crippen LogP contribution in [-0.4, -0.2) is 10.1 Å². The summed E-state index contributed by atoms with van der Waals surface area (Å²) in [7, 11) is 0. The highest BCUT2D eigenvalue weighted by Gasteiger charge is 2.11. The predicted molar refractivity (Wildman–Crippen MR) is 63.1 cm³/mol. The Balaban J connectivity index is 2.26. The monoisotopic (exact) mass is 276 g/mol. The van der Waals surface area contributed by atoms with Gasteiger partial charge in [0.25, 0.3) is 0 Å². The van der Waals surface area contributed by atoms with Crippen molar-refractivity contribution in [2.24, 2.45) is 0 Å². The molecule has 3 nitrogen and oxygen atoms in total. The van der Waals surface area contributed by atoms with Crippen LogP contribution in [0.15, 0.2) is 22.7 Å². The number of benzene rings is 1. The van der Waals surface area contributed by atoms with Crippen molar-refractivity contribution < 1.29 is 4.52 Å². The summed E-state index contributed by atoms with van der Waals surface area (Å²) in [5.74, 6) is 1.11. The third-order valence-corrected chi connectivity index (χ3v) is 2.96. The van der Waals surface area contributed by atoms with E-state index in [9.17, 15) is 0 Å². The molecule has 1 heterocycles. The summed E-state index contributed by atoms with van der Waals surface area (Å²) in [6.45, 7) is 0. The largest absolute Gasteiger partial charge is 0.338 e. The molecule has 84 valence electrons. The fraction of sp³-hybridized carbons (Fsp3) is 0.200. The van der Waals surface area contributed by atoms with Crippen LogP contribution < -0.4 is 0 Å². The molecule has 0 bridgehead atoms. The molecule has 1 aromatic heterocycles. The average molecular weight is 278 g/mol. The van der Waals surface area contributed by atoms with Gasteiger partial charge in [0.2, 0.25) is 5.89 Å². The first-order chi connectivity index (χ1) is 7.70. The number of nitrogens with zero attached hydrogens (tertiary/aromatic N) is 2. The third kappa shape index (κ3) is 2.48. The van der Waals surface area contributed by atoms with Gasteiger partial charge in [-0.25, -0.2) is 0 Å². The maximum atomic E-state index is 6.02. The first kappa shape index (κ1) is 11.7. The Labute approximate surface area is 107 Å². The molecule has 0 aliphatic heterocycles. The summed E-state index contributed by atoms with van der Waals surface area (Å²) in [4.78, 5) is 4.08. The van der Waals surface area contributed by atoms with Gasteiger partial charge in [-0.1, -0.05) is 34.4 Å². The normalized spacial score (nSPS) is 10.7. The fourth-order valence-electron chi connectivity index (χ4n) is 1.28. The standard InChI is InChI=1S/C10H7Cl3N2O/c11-5-10-14-9(15-16-10)4-6-7(12)2-1-3-8(6)13/h1-3H,4-5H2. The Kier molecular flexibility index (Phi) is 3.69. The summed E-state index contributed by atoms with van der Waals surface area (Å²) in [5.41, 5.74) is 0.785. The lowest BCUT2D eigenvalue weighted by molar-refractivity contribution is 0.385. The van der Waals surface area contributed by atoms with E-state index in [1.54, 1.807) is 18.2 Å². The van der Waals surface area contributed by atoms with E-state index in [2.05, 4.69) is 10.1 Å². The van der Waals surface area contributed by atoms with E-state index < -0.39 is 0 Å². The van der Waals surface area contributed by atoms with Gasteiger partial charge in [-0.3, -0.25) is 0 Å². The number of aromatic nitrogens is 2. The van der Waals surface area contributed by atoms with E-state index in [1.165, 1.54) is 0 Å². The van der Waals surface area contributed by atoms with Crippen LogP contribution in [0, 0.1) is 0 Å². The highest BCUT2D eigenvalue weighted by molar-refractivity contribution is 6.36. The third-order valence-electron chi connectivity index (χ3n) is 2.02. The van der Waals surface area contributed by atoms with Crippen LogP contribution in [0.1, 0.15) is 17.3 Å². The highest BCUT2D eigenvalue weighted by atomic mass is 35.5. The lowest BCUT2D eigenvalue weighted by Crippen LogP contribution is -1.93. The maximum Gasteiger partial charge on any atom is 0.241 e. The topological polar surface area (TPSA) is 38.9 Å². The molecule has 2 aromatic rings. The summed E-state index contributed by atoms with van der Waals surface area (Å²) < 4.78 is 4.89. The Bertz CT molecular complexity index is 478. The zero-order valence-corrected chi connectivity index (χ0v) is 10.4. The molecular weight excluding hydrogens is 270 g/mol. The molecule has 0 saturated heterocycles. The van der Waals surface area contributed by atoms with E-state index in [-0.39, 0.29) is 5.88 Å². The second-order valence-corrected chi connectivity index (χ2v) is 4.20. The van der Waals surface area contributed by atoms with Crippen molar-refractivity contribution in [3.8, 4) is 0 Å². The summed E-state index contributed by atoms with van der Waals surface area (Å²) in [6, 6.07) is 5.32. The molecule has 2 rings (SSSR count). The van der Waals surface area contributed by atoms with Crippen LogP contribution in [0.25, 0.3) is 0 Å². The number of hydrogen-bond acceptors (Lipinski definition) is 3. The quantitative estimate of drug-likeness (QED) is 0.803. The molecule has 0 aliphatic carbocycles. The Morgan fingerprint density at radius 1 is 1.19 bits per heavy atom. The average Bonchev–Trinajstić information content (AvgIpc) is 2.71. The maximum absolute atomic E-state index is 6.02. The number of hydrogen-bond donors (Lipinski definition) is 0. The van der Waals surface area contributed by atoms with Gasteiger partial charge in [0.15, 0.2) is 5.82 Å². The van der Waals surface area contributed by atoms with Crippen LogP contribution in [0.5, 0.6) is 0 Å². The van der Waals surface area contributed by atoms with Gasteiger partial charge < -0.3 is 4.52 Å². The predicted octanol–water partition coefficient (Wildman–Crippen LogP) is 3.71. The number of alkyl halides is 1. The Morgan fingerprint density at radius 3 is 2.44 bits per heavy atom. The van der Waals surface area contributed by atoms with Crippen LogP contribution in [0.3, 0.4) is 0 Å². The van der Waals surface area contributed by atoms with Crippen LogP contribution in [-0.2, 0) is 12.3 Å². The van der Waals surface area contributed by atoms with E-state index in [0.717, 1.165) is 5.56 Å². The molecule has 0 saturated carbocycles. The molecule has 0 amide bonds. The van der Waals surface area contributed by atoms with Gasteiger partial charge in [-0.05, 0) is 17.7 Å². The Morgan fingerprint density at radius 2 is 1.88 bits per heavy atom. The summed E-state index contributed by atoms with van der Waals surface area (Å²) in [6.07, 6.45) is 0.429. The van der Waals surface area contributed by atoms with E-state index >= 15 is 0 Å². The van der Waals surface area contributed by atoms with Gasteiger partial charge in [0.05, 0.1) is 0 Å². The van der Waals surface area contributed by atoms with Gasteiger partial charge in [-0.2, -0.15) is 4.98 Å². The van der Waals surface area contributed by atoms with Crippen molar-refractivity contribution in [3.63, 3.8) is 0 Å². The van der Waals surface area contributed by atoms with Crippen molar-refractivity contribution in [2.75, 3.05) is 0 Å². The molecule has 0 N–H and O–H groups in total. The van der Waals surface area contributed by atoms with Crippen molar-refractivity contribution in [1.82, 2.24) is 10.1 Å².